The molecule has 0 saturated heterocycles. The van der Waals surface area contributed by atoms with Gasteiger partial charge in [-0.15, -0.1) is 13.2 Å². The number of aliphatic hydroxyl groups is 1. The molecule has 1 aromatic rings. The van der Waals surface area contributed by atoms with Gasteiger partial charge in [0.05, 0.1) is 6.61 Å². The van der Waals surface area contributed by atoms with E-state index in [1.165, 1.54) is 11.1 Å². The van der Waals surface area contributed by atoms with Gasteiger partial charge in [0.25, 0.3) is 0 Å². The first kappa shape index (κ1) is 10.7. The van der Waals surface area contributed by atoms with Crippen molar-refractivity contribution < 1.29 is 5.11 Å². The number of rotatable bonds is 5. The molecule has 0 heterocycles. The molecule has 0 aromatic heterocycles. The zero-order chi connectivity index (χ0) is 10.4. The van der Waals surface area contributed by atoms with Crippen molar-refractivity contribution in [1.82, 2.24) is 0 Å². The average Bonchev–Trinajstić information content (AvgIpc) is 2.21. The van der Waals surface area contributed by atoms with Crippen LogP contribution in [0.25, 0.3) is 0 Å². The highest BCUT2D eigenvalue weighted by Gasteiger charge is 2.04. The summed E-state index contributed by atoms with van der Waals surface area (Å²) in [4.78, 5) is 0. The summed E-state index contributed by atoms with van der Waals surface area (Å²) in [5.41, 5.74) is 3.40. The Kier molecular flexibility index (Phi) is 4.14. The standard InChI is InChI=1S/C13H16O/c1-3-6-11-8-5-9-12(10-14)13(11)7-4-2/h3-5,8-9,14H,1-2,6-7,10H2. The van der Waals surface area contributed by atoms with Crippen molar-refractivity contribution in [2.45, 2.75) is 19.4 Å². The molecule has 0 fully saturated rings. The lowest BCUT2D eigenvalue weighted by Gasteiger charge is -2.10. The summed E-state index contributed by atoms with van der Waals surface area (Å²) in [6.07, 6.45) is 5.39. The van der Waals surface area contributed by atoms with Crippen LogP contribution in [0.15, 0.2) is 43.5 Å². The van der Waals surface area contributed by atoms with Gasteiger partial charge in [-0.2, -0.15) is 0 Å². The van der Waals surface area contributed by atoms with Crippen LogP contribution in [0.4, 0.5) is 0 Å². The lowest BCUT2D eigenvalue weighted by molar-refractivity contribution is 0.280. The van der Waals surface area contributed by atoms with Crippen molar-refractivity contribution in [3.05, 3.63) is 60.2 Å². The second kappa shape index (κ2) is 5.40. The summed E-state index contributed by atoms with van der Waals surface area (Å²) < 4.78 is 0. The molecule has 0 bridgehead atoms. The van der Waals surface area contributed by atoms with Gasteiger partial charge in [-0.05, 0) is 29.5 Å². The Bertz CT molecular complexity index is 326. The maximum atomic E-state index is 9.18. The van der Waals surface area contributed by atoms with Crippen LogP contribution in [0.3, 0.4) is 0 Å². The minimum absolute atomic E-state index is 0.0914. The number of aliphatic hydroxyl groups excluding tert-OH is 1. The van der Waals surface area contributed by atoms with Crippen molar-refractivity contribution in [3.8, 4) is 0 Å². The molecule has 0 aliphatic carbocycles. The largest absolute Gasteiger partial charge is 0.392 e. The number of allylic oxidation sites excluding steroid dienone is 2. The van der Waals surface area contributed by atoms with Crippen LogP contribution < -0.4 is 0 Å². The minimum Gasteiger partial charge on any atom is -0.392 e. The number of benzene rings is 1. The molecule has 1 rings (SSSR count). The molecule has 1 aromatic carbocycles. The molecule has 0 aliphatic rings. The maximum absolute atomic E-state index is 9.18. The molecule has 1 N–H and O–H groups in total. The monoisotopic (exact) mass is 188 g/mol. The zero-order valence-electron chi connectivity index (χ0n) is 8.37. The highest BCUT2D eigenvalue weighted by molar-refractivity contribution is 5.37. The summed E-state index contributed by atoms with van der Waals surface area (Å²) >= 11 is 0. The van der Waals surface area contributed by atoms with Gasteiger partial charge in [-0.1, -0.05) is 30.4 Å². The van der Waals surface area contributed by atoms with Crippen molar-refractivity contribution in [2.24, 2.45) is 0 Å². The van der Waals surface area contributed by atoms with E-state index in [0.29, 0.717) is 0 Å². The van der Waals surface area contributed by atoms with E-state index in [-0.39, 0.29) is 6.61 Å². The van der Waals surface area contributed by atoms with E-state index in [9.17, 15) is 5.11 Å². The van der Waals surface area contributed by atoms with E-state index < -0.39 is 0 Å². The quantitative estimate of drug-likeness (QED) is 0.704. The van der Waals surface area contributed by atoms with Crippen LogP contribution in [0, 0.1) is 0 Å². The van der Waals surface area contributed by atoms with E-state index in [1.54, 1.807) is 0 Å². The van der Waals surface area contributed by atoms with Gasteiger partial charge in [0.15, 0.2) is 0 Å². The fourth-order valence-electron chi connectivity index (χ4n) is 1.59. The van der Waals surface area contributed by atoms with E-state index in [1.807, 2.05) is 24.3 Å². The lowest BCUT2D eigenvalue weighted by Crippen LogP contribution is -1.98. The third kappa shape index (κ3) is 2.33. The molecule has 74 valence electrons. The Morgan fingerprint density at radius 2 is 1.71 bits per heavy atom. The van der Waals surface area contributed by atoms with Crippen molar-refractivity contribution in [1.29, 1.82) is 0 Å². The van der Waals surface area contributed by atoms with Crippen LogP contribution >= 0.6 is 0 Å². The van der Waals surface area contributed by atoms with Crippen LogP contribution in [0.5, 0.6) is 0 Å². The minimum atomic E-state index is 0.0914. The predicted octanol–water partition coefficient (Wildman–Crippen LogP) is 2.64. The third-order valence-electron chi connectivity index (χ3n) is 2.25. The van der Waals surface area contributed by atoms with Crippen LogP contribution in [0.1, 0.15) is 16.7 Å². The summed E-state index contributed by atoms with van der Waals surface area (Å²) in [5.74, 6) is 0. The first-order chi connectivity index (χ1) is 6.83. The molecule has 0 unspecified atom stereocenters. The predicted molar refractivity (Wildman–Crippen MR) is 60.2 cm³/mol. The van der Waals surface area contributed by atoms with E-state index in [2.05, 4.69) is 19.2 Å². The molecule has 0 spiro atoms. The van der Waals surface area contributed by atoms with Gasteiger partial charge in [0.1, 0.15) is 0 Å². The fourth-order valence-corrected chi connectivity index (χ4v) is 1.59. The van der Waals surface area contributed by atoms with Gasteiger partial charge >= 0.3 is 0 Å². The molecule has 0 amide bonds. The average molecular weight is 188 g/mol. The number of hydrogen-bond donors (Lipinski definition) is 1. The smallest absolute Gasteiger partial charge is 0.0684 e. The van der Waals surface area contributed by atoms with Gasteiger partial charge in [0.2, 0.25) is 0 Å². The second-order valence-corrected chi connectivity index (χ2v) is 3.20. The molecule has 0 saturated carbocycles. The maximum Gasteiger partial charge on any atom is 0.0684 e. The molecule has 0 aliphatic heterocycles. The summed E-state index contributed by atoms with van der Waals surface area (Å²) in [6.45, 7) is 7.54. The highest BCUT2D eigenvalue weighted by Crippen LogP contribution is 2.17. The van der Waals surface area contributed by atoms with Gasteiger partial charge in [0, 0.05) is 0 Å². The Morgan fingerprint density at radius 1 is 1.07 bits per heavy atom. The zero-order valence-corrected chi connectivity index (χ0v) is 8.37. The molecule has 0 atom stereocenters. The summed E-state index contributed by atoms with van der Waals surface area (Å²) in [7, 11) is 0. The topological polar surface area (TPSA) is 20.2 Å². The Hall–Kier alpha value is -1.34. The Balaban J connectivity index is 3.12. The molecular formula is C13H16O. The normalized spacial score (nSPS) is 9.79. The Morgan fingerprint density at radius 3 is 2.29 bits per heavy atom. The van der Waals surface area contributed by atoms with Crippen LogP contribution in [-0.4, -0.2) is 5.11 Å². The molecular weight excluding hydrogens is 172 g/mol. The Labute approximate surface area is 85.4 Å². The van der Waals surface area contributed by atoms with Crippen molar-refractivity contribution in [3.63, 3.8) is 0 Å². The third-order valence-corrected chi connectivity index (χ3v) is 2.25. The molecule has 1 heteroatoms. The first-order valence-corrected chi connectivity index (χ1v) is 4.75. The SMILES string of the molecule is C=CCc1cccc(CO)c1CC=C. The lowest BCUT2D eigenvalue weighted by atomic mass is 9.96. The molecule has 0 radical (unpaired) electrons. The van der Waals surface area contributed by atoms with E-state index in [4.69, 9.17) is 0 Å². The number of hydrogen-bond acceptors (Lipinski definition) is 1. The van der Waals surface area contributed by atoms with Gasteiger partial charge in [-0.3, -0.25) is 0 Å². The highest BCUT2D eigenvalue weighted by atomic mass is 16.3. The fraction of sp³-hybridized carbons (Fsp3) is 0.231. The van der Waals surface area contributed by atoms with Crippen molar-refractivity contribution >= 4 is 0 Å². The summed E-state index contributed by atoms with van der Waals surface area (Å²) in [6, 6.07) is 5.99. The summed E-state index contributed by atoms with van der Waals surface area (Å²) in [5, 5.41) is 9.18. The van der Waals surface area contributed by atoms with Crippen LogP contribution in [-0.2, 0) is 19.4 Å². The van der Waals surface area contributed by atoms with Crippen molar-refractivity contribution in [2.75, 3.05) is 0 Å². The van der Waals surface area contributed by atoms with E-state index in [0.717, 1.165) is 18.4 Å². The first-order valence-electron chi connectivity index (χ1n) is 4.75. The van der Waals surface area contributed by atoms with E-state index >= 15 is 0 Å². The second-order valence-electron chi connectivity index (χ2n) is 3.20. The van der Waals surface area contributed by atoms with Gasteiger partial charge in [-0.25, -0.2) is 0 Å². The van der Waals surface area contributed by atoms with Gasteiger partial charge < -0.3 is 5.11 Å². The molecule has 1 nitrogen and oxygen atoms in total. The van der Waals surface area contributed by atoms with Crippen LogP contribution in [0.2, 0.25) is 0 Å². The molecule has 14 heavy (non-hydrogen) atoms.